The lowest BCUT2D eigenvalue weighted by molar-refractivity contribution is 0.791. The van der Waals surface area contributed by atoms with Gasteiger partial charge in [-0.2, -0.15) is 4.68 Å². The van der Waals surface area contributed by atoms with E-state index in [-0.39, 0.29) is 0 Å². The van der Waals surface area contributed by atoms with E-state index in [0.717, 1.165) is 27.8 Å². The van der Waals surface area contributed by atoms with Crippen molar-refractivity contribution < 1.29 is 0 Å². The van der Waals surface area contributed by atoms with Gasteiger partial charge in [0.25, 0.3) is 0 Å². The van der Waals surface area contributed by atoms with Crippen LogP contribution in [0.3, 0.4) is 0 Å². The summed E-state index contributed by atoms with van der Waals surface area (Å²) in [6.45, 7) is 4.02. The van der Waals surface area contributed by atoms with Crippen molar-refractivity contribution in [1.82, 2.24) is 25.2 Å². The molecule has 0 amide bonds. The summed E-state index contributed by atoms with van der Waals surface area (Å²) in [6, 6.07) is 19.7. The average Bonchev–Trinajstić information content (AvgIpc) is 3.26. The van der Waals surface area contributed by atoms with E-state index in [1.54, 1.807) is 16.0 Å². The molecule has 0 unspecified atom stereocenters. The topological polar surface area (TPSA) is 56.5 Å². The Hall–Kier alpha value is -2.86. The van der Waals surface area contributed by atoms with Crippen molar-refractivity contribution in [3.8, 4) is 17.1 Å². The van der Waals surface area contributed by atoms with Gasteiger partial charge in [-0.1, -0.05) is 48.5 Å². The second-order valence-electron chi connectivity index (χ2n) is 5.12. The Bertz CT molecular complexity index is 813. The van der Waals surface area contributed by atoms with E-state index in [2.05, 4.69) is 25.9 Å². The van der Waals surface area contributed by atoms with Gasteiger partial charge < -0.3 is 0 Å². The van der Waals surface area contributed by atoms with Crippen LogP contribution in [0.5, 0.6) is 0 Å². The smallest absolute Gasteiger partial charge is 0.187 e. The maximum Gasteiger partial charge on any atom is 0.187 e. The zero-order chi connectivity index (χ0) is 16.8. The predicted octanol–water partition coefficient (Wildman–Crippen LogP) is 4.09. The molecule has 0 saturated heterocycles. The molecule has 0 N–H and O–H groups in total. The van der Waals surface area contributed by atoms with Crippen molar-refractivity contribution in [1.29, 1.82) is 0 Å². The molecule has 4 rings (SSSR count). The van der Waals surface area contributed by atoms with Crippen molar-refractivity contribution in [2.24, 2.45) is 0 Å². The molecular weight excluding hydrogens is 318 g/mol. The zero-order valence-corrected chi connectivity index (χ0v) is 14.3. The lowest BCUT2D eigenvalue weighted by Gasteiger charge is -2.03. The van der Waals surface area contributed by atoms with Crippen LogP contribution in [-0.4, -0.2) is 25.2 Å². The molecule has 0 fully saturated rings. The van der Waals surface area contributed by atoms with Gasteiger partial charge in [0.05, 0.1) is 10.7 Å². The third-order valence-electron chi connectivity index (χ3n) is 3.24. The Morgan fingerprint density at radius 2 is 1.54 bits per heavy atom. The van der Waals surface area contributed by atoms with E-state index in [1.807, 2.05) is 74.5 Å². The van der Waals surface area contributed by atoms with Gasteiger partial charge in [-0.05, 0) is 36.4 Å². The molecule has 0 aliphatic heterocycles. The summed E-state index contributed by atoms with van der Waals surface area (Å²) >= 11 is 1.69. The van der Waals surface area contributed by atoms with Crippen LogP contribution in [0.25, 0.3) is 17.1 Å². The first-order chi connectivity index (χ1) is 11.7. The number of aromatic nitrogens is 5. The van der Waals surface area contributed by atoms with Crippen LogP contribution in [0.15, 0.2) is 66.0 Å². The molecule has 120 valence electrons. The molecule has 0 atom stereocenters. The highest BCUT2D eigenvalue weighted by molar-refractivity contribution is 7.09. The van der Waals surface area contributed by atoms with Crippen molar-refractivity contribution in [3.05, 3.63) is 76.7 Å². The molecule has 0 bridgehead atoms. The summed E-state index contributed by atoms with van der Waals surface area (Å²) in [4.78, 5) is 4.13. The first kappa shape index (κ1) is 16.0. The van der Waals surface area contributed by atoms with E-state index in [4.69, 9.17) is 0 Å². The van der Waals surface area contributed by atoms with Gasteiger partial charge in [0.2, 0.25) is 0 Å². The molecule has 24 heavy (non-hydrogen) atoms. The predicted molar refractivity (Wildman–Crippen MR) is 96.2 cm³/mol. The van der Waals surface area contributed by atoms with Crippen LogP contribution < -0.4 is 0 Å². The Morgan fingerprint density at radius 1 is 0.875 bits per heavy atom. The highest BCUT2D eigenvalue weighted by atomic mass is 32.1. The molecule has 0 aliphatic carbocycles. The van der Waals surface area contributed by atoms with E-state index in [9.17, 15) is 0 Å². The number of rotatable bonds is 2. The standard InChI is InChI=1S/C13H10N4.C5H7NS/c1-3-7-11(8-4-1)13-14-15-16-17(13)12-9-5-2-6-10-12;1-4-3-7-5(2)6-4/h1-10H;3H,1-2H3. The average molecular weight is 335 g/mol. The molecule has 2 aromatic heterocycles. The summed E-state index contributed by atoms with van der Waals surface area (Å²) in [7, 11) is 0. The molecular formula is C18H17N5S. The van der Waals surface area contributed by atoms with Crippen LogP contribution in [0.1, 0.15) is 10.7 Å². The summed E-state index contributed by atoms with van der Waals surface area (Å²) in [6.07, 6.45) is 0. The number of nitrogens with zero attached hydrogens (tertiary/aromatic N) is 5. The van der Waals surface area contributed by atoms with Gasteiger partial charge in [-0.15, -0.1) is 16.4 Å². The van der Waals surface area contributed by atoms with Gasteiger partial charge in [0.15, 0.2) is 5.82 Å². The van der Waals surface area contributed by atoms with Crippen molar-refractivity contribution in [2.75, 3.05) is 0 Å². The third-order valence-corrected chi connectivity index (χ3v) is 4.13. The monoisotopic (exact) mass is 335 g/mol. The molecule has 0 saturated carbocycles. The SMILES string of the molecule is Cc1csc(C)n1.c1ccc(-c2nnnn2-c2ccccc2)cc1. The lowest BCUT2D eigenvalue weighted by atomic mass is 10.2. The van der Waals surface area contributed by atoms with Gasteiger partial charge in [-0.3, -0.25) is 0 Å². The molecule has 5 nitrogen and oxygen atoms in total. The first-order valence-electron chi connectivity index (χ1n) is 7.52. The van der Waals surface area contributed by atoms with Crippen LogP contribution in [0.2, 0.25) is 0 Å². The van der Waals surface area contributed by atoms with E-state index in [0.29, 0.717) is 0 Å². The first-order valence-corrected chi connectivity index (χ1v) is 8.40. The summed E-state index contributed by atoms with van der Waals surface area (Å²) in [5.41, 5.74) is 3.08. The van der Waals surface area contributed by atoms with E-state index < -0.39 is 0 Å². The lowest BCUT2D eigenvalue weighted by Crippen LogP contribution is -1.99. The normalized spacial score (nSPS) is 10.1. The fourth-order valence-corrected chi connectivity index (χ4v) is 2.76. The highest BCUT2D eigenvalue weighted by Crippen LogP contribution is 2.18. The maximum absolute atomic E-state index is 4.13. The molecule has 2 heterocycles. The number of aryl methyl sites for hydroxylation is 2. The molecule has 0 spiro atoms. The van der Waals surface area contributed by atoms with Gasteiger partial charge in [-0.25, -0.2) is 4.98 Å². The Balaban J connectivity index is 0.000000203. The number of thiazole rings is 1. The van der Waals surface area contributed by atoms with E-state index >= 15 is 0 Å². The minimum absolute atomic E-state index is 0.747. The van der Waals surface area contributed by atoms with Crippen molar-refractivity contribution in [3.63, 3.8) is 0 Å². The molecule has 2 aromatic carbocycles. The third kappa shape index (κ3) is 3.91. The van der Waals surface area contributed by atoms with Gasteiger partial charge >= 0.3 is 0 Å². The number of benzene rings is 2. The van der Waals surface area contributed by atoms with Crippen molar-refractivity contribution in [2.45, 2.75) is 13.8 Å². The highest BCUT2D eigenvalue weighted by Gasteiger charge is 2.09. The molecule has 4 aromatic rings. The molecule has 6 heteroatoms. The maximum atomic E-state index is 4.13. The van der Waals surface area contributed by atoms with Gasteiger partial charge in [0.1, 0.15) is 0 Å². The number of hydrogen-bond donors (Lipinski definition) is 0. The Morgan fingerprint density at radius 3 is 2.08 bits per heavy atom. The van der Waals surface area contributed by atoms with Crippen LogP contribution >= 0.6 is 11.3 Å². The summed E-state index contributed by atoms with van der Waals surface area (Å²) in [5.74, 6) is 0.747. The van der Waals surface area contributed by atoms with Crippen molar-refractivity contribution >= 4 is 11.3 Å². The fraction of sp³-hybridized carbons (Fsp3) is 0.111. The summed E-state index contributed by atoms with van der Waals surface area (Å²) < 4.78 is 1.73. The van der Waals surface area contributed by atoms with E-state index in [1.165, 1.54) is 0 Å². The minimum Gasteiger partial charge on any atom is -0.247 e. The van der Waals surface area contributed by atoms with Crippen LogP contribution in [-0.2, 0) is 0 Å². The Kier molecular flexibility index (Phi) is 5.08. The molecule has 0 radical (unpaired) electrons. The summed E-state index contributed by atoms with van der Waals surface area (Å²) in [5, 5.41) is 15.0. The number of tetrazole rings is 1. The number of hydrogen-bond acceptors (Lipinski definition) is 5. The van der Waals surface area contributed by atoms with Crippen LogP contribution in [0.4, 0.5) is 0 Å². The zero-order valence-electron chi connectivity index (χ0n) is 13.5. The van der Waals surface area contributed by atoms with Crippen LogP contribution in [0, 0.1) is 13.8 Å². The second kappa shape index (κ2) is 7.61. The largest absolute Gasteiger partial charge is 0.247 e. The second-order valence-corrected chi connectivity index (χ2v) is 6.19. The Labute approximate surface area is 144 Å². The van der Waals surface area contributed by atoms with Gasteiger partial charge in [0, 0.05) is 16.6 Å². The number of para-hydroxylation sites is 1. The minimum atomic E-state index is 0.747. The fourth-order valence-electron chi connectivity index (χ4n) is 2.17. The molecule has 0 aliphatic rings. The quantitative estimate of drug-likeness (QED) is 0.554.